The molecule has 19 heavy (non-hydrogen) atoms. The zero-order valence-electron chi connectivity index (χ0n) is 10.8. The molecule has 1 atom stereocenters. The average Bonchev–Trinajstić information content (AvgIpc) is 2.49. The van der Waals surface area contributed by atoms with Crippen molar-refractivity contribution in [3.8, 4) is 6.07 Å². The van der Waals surface area contributed by atoms with Crippen LogP contribution in [0.3, 0.4) is 0 Å². The Morgan fingerprint density at radius 3 is 1.74 bits per heavy atom. The van der Waals surface area contributed by atoms with Crippen molar-refractivity contribution in [2.75, 3.05) is 0 Å². The van der Waals surface area contributed by atoms with Crippen LogP contribution in [-0.4, -0.2) is 16.3 Å². The zero-order valence-corrected chi connectivity index (χ0v) is 10.8. The average molecular weight is 252 g/mol. The third-order valence-corrected chi connectivity index (χ3v) is 3.08. The molecule has 2 aromatic carbocycles. The fourth-order valence-electron chi connectivity index (χ4n) is 2.05. The van der Waals surface area contributed by atoms with Gasteiger partial charge in [-0.1, -0.05) is 60.7 Å². The van der Waals surface area contributed by atoms with E-state index >= 15 is 0 Å². The first-order valence-corrected chi connectivity index (χ1v) is 6.20. The van der Waals surface area contributed by atoms with Crippen molar-refractivity contribution in [1.29, 1.82) is 5.26 Å². The molecule has 0 fully saturated rings. The molecule has 3 heteroatoms. The van der Waals surface area contributed by atoms with Crippen LogP contribution in [0.2, 0.25) is 0 Å². The summed E-state index contributed by atoms with van der Waals surface area (Å²) >= 11 is 0. The molecule has 3 nitrogen and oxygen atoms in total. The second-order valence-corrected chi connectivity index (χ2v) is 4.41. The van der Waals surface area contributed by atoms with Crippen LogP contribution in [0.4, 0.5) is 0 Å². The molecule has 0 spiro atoms. The van der Waals surface area contributed by atoms with E-state index < -0.39 is 6.04 Å². The summed E-state index contributed by atoms with van der Waals surface area (Å²) in [7, 11) is 0. The topological polar surface area (TPSA) is 47.3 Å². The Kier molecular flexibility index (Phi) is 4.30. The van der Waals surface area contributed by atoms with Gasteiger partial charge in [0, 0.05) is 0 Å². The van der Waals surface area contributed by atoms with Gasteiger partial charge in [0.2, 0.25) is 0 Å². The second-order valence-electron chi connectivity index (χ2n) is 4.41. The Morgan fingerprint density at radius 2 is 1.37 bits per heavy atom. The number of hydrogen-bond acceptors (Lipinski definition) is 3. The van der Waals surface area contributed by atoms with E-state index in [9.17, 15) is 5.21 Å². The Labute approximate surface area is 113 Å². The van der Waals surface area contributed by atoms with Crippen molar-refractivity contribution in [3.63, 3.8) is 0 Å². The van der Waals surface area contributed by atoms with Crippen molar-refractivity contribution in [2.24, 2.45) is 0 Å². The molecule has 96 valence electrons. The van der Waals surface area contributed by atoms with Crippen molar-refractivity contribution < 1.29 is 5.21 Å². The number of rotatable bonds is 4. The predicted molar refractivity (Wildman–Crippen MR) is 73.4 cm³/mol. The minimum absolute atomic E-state index is 0.336. The monoisotopic (exact) mass is 252 g/mol. The molecule has 0 saturated heterocycles. The van der Waals surface area contributed by atoms with Crippen LogP contribution >= 0.6 is 0 Å². The molecule has 2 rings (SSSR count). The van der Waals surface area contributed by atoms with Crippen molar-refractivity contribution >= 4 is 0 Å². The SMILES string of the molecule is C[C@@H](C#N)N(O)C(c1ccccc1)c1ccccc1. The first kappa shape index (κ1) is 13.3. The van der Waals surface area contributed by atoms with E-state index in [2.05, 4.69) is 6.07 Å². The first-order valence-electron chi connectivity index (χ1n) is 6.20. The van der Waals surface area contributed by atoms with Gasteiger partial charge in [-0.3, -0.25) is 0 Å². The summed E-state index contributed by atoms with van der Waals surface area (Å²) < 4.78 is 0. The van der Waals surface area contributed by atoms with Gasteiger partial charge in [-0.15, -0.1) is 0 Å². The normalized spacial score (nSPS) is 12.4. The highest BCUT2D eigenvalue weighted by Crippen LogP contribution is 2.28. The third-order valence-electron chi connectivity index (χ3n) is 3.08. The molecule has 0 aliphatic rings. The van der Waals surface area contributed by atoms with Gasteiger partial charge >= 0.3 is 0 Å². The summed E-state index contributed by atoms with van der Waals surface area (Å²) in [5.41, 5.74) is 1.91. The summed E-state index contributed by atoms with van der Waals surface area (Å²) in [6, 6.07) is 20.5. The van der Waals surface area contributed by atoms with Gasteiger partial charge < -0.3 is 5.21 Å². The maximum Gasteiger partial charge on any atom is 0.120 e. The quantitative estimate of drug-likeness (QED) is 0.848. The molecule has 0 unspecified atom stereocenters. The number of nitriles is 1. The smallest absolute Gasteiger partial charge is 0.120 e. The highest BCUT2D eigenvalue weighted by atomic mass is 16.5. The molecule has 0 aliphatic carbocycles. The van der Waals surface area contributed by atoms with E-state index in [1.165, 1.54) is 0 Å². The van der Waals surface area contributed by atoms with Gasteiger partial charge in [0.25, 0.3) is 0 Å². The fraction of sp³-hybridized carbons (Fsp3) is 0.188. The maximum absolute atomic E-state index is 10.3. The van der Waals surface area contributed by atoms with E-state index in [1.807, 2.05) is 60.7 Å². The Balaban J connectivity index is 2.43. The summed E-state index contributed by atoms with van der Waals surface area (Å²) in [5.74, 6) is 0. The molecule has 0 amide bonds. The van der Waals surface area contributed by atoms with E-state index in [4.69, 9.17) is 5.26 Å². The lowest BCUT2D eigenvalue weighted by molar-refractivity contribution is -0.132. The largest absolute Gasteiger partial charge is 0.312 e. The van der Waals surface area contributed by atoms with E-state index in [0.29, 0.717) is 0 Å². The van der Waals surface area contributed by atoms with Crippen LogP contribution in [0.25, 0.3) is 0 Å². The molecule has 0 heterocycles. The first-order chi connectivity index (χ1) is 9.24. The number of nitrogens with zero attached hydrogens (tertiary/aromatic N) is 2. The summed E-state index contributed by atoms with van der Waals surface area (Å²) in [5, 5.41) is 20.4. The van der Waals surface area contributed by atoms with Gasteiger partial charge in [0.1, 0.15) is 6.04 Å². The van der Waals surface area contributed by atoms with Crippen LogP contribution in [0.15, 0.2) is 60.7 Å². The molecule has 0 bridgehead atoms. The van der Waals surface area contributed by atoms with E-state index in [-0.39, 0.29) is 6.04 Å². The molecular weight excluding hydrogens is 236 g/mol. The predicted octanol–water partition coefficient (Wildman–Crippen LogP) is 3.38. The molecule has 1 N–H and O–H groups in total. The lowest BCUT2D eigenvalue weighted by Crippen LogP contribution is -2.33. The third kappa shape index (κ3) is 3.00. The number of hydroxylamine groups is 2. The van der Waals surface area contributed by atoms with E-state index in [0.717, 1.165) is 16.2 Å². The Hall–Kier alpha value is -2.15. The maximum atomic E-state index is 10.3. The minimum atomic E-state index is -0.578. The summed E-state index contributed by atoms with van der Waals surface area (Å²) in [4.78, 5) is 0. The second kappa shape index (κ2) is 6.14. The van der Waals surface area contributed by atoms with Gasteiger partial charge in [-0.2, -0.15) is 10.3 Å². The van der Waals surface area contributed by atoms with Crippen LogP contribution < -0.4 is 0 Å². The highest BCUT2D eigenvalue weighted by Gasteiger charge is 2.24. The molecule has 2 aromatic rings. The molecular formula is C16H16N2O. The van der Waals surface area contributed by atoms with Gasteiger partial charge in [-0.25, -0.2) is 0 Å². The standard InChI is InChI=1S/C16H16N2O/c1-13(12-17)18(19)16(14-8-4-2-5-9-14)15-10-6-3-7-11-15/h2-11,13,16,19H,1H3/t13-/m0/s1. The molecule has 0 aromatic heterocycles. The summed E-state index contributed by atoms with van der Waals surface area (Å²) in [6.07, 6.45) is 0. The highest BCUT2D eigenvalue weighted by molar-refractivity contribution is 5.31. The van der Waals surface area contributed by atoms with Crippen LogP contribution in [0, 0.1) is 11.3 Å². The molecule has 0 radical (unpaired) electrons. The summed E-state index contributed by atoms with van der Waals surface area (Å²) in [6.45, 7) is 1.68. The van der Waals surface area contributed by atoms with Crippen molar-refractivity contribution in [3.05, 3.63) is 71.8 Å². The lowest BCUT2D eigenvalue weighted by atomic mass is 9.97. The fourth-order valence-corrected chi connectivity index (χ4v) is 2.05. The molecule has 0 aliphatic heterocycles. The van der Waals surface area contributed by atoms with Gasteiger partial charge in [0.15, 0.2) is 0 Å². The van der Waals surface area contributed by atoms with Crippen molar-refractivity contribution in [1.82, 2.24) is 5.06 Å². The number of hydrogen-bond donors (Lipinski definition) is 1. The Morgan fingerprint density at radius 1 is 0.947 bits per heavy atom. The lowest BCUT2D eigenvalue weighted by Gasteiger charge is -2.28. The van der Waals surface area contributed by atoms with Crippen LogP contribution in [0.1, 0.15) is 24.1 Å². The van der Waals surface area contributed by atoms with Crippen LogP contribution in [-0.2, 0) is 0 Å². The molecule has 0 saturated carbocycles. The van der Waals surface area contributed by atoms with Crippen molar-refractivity contribution in [2.45, 2.75) is 19.0 Å². The minimum Gasteiger partial charge on any atom is -0.312 e. The Bertz CT molecular complexity index is 508. The van der Waals surface area contributed by atoms with Gasteiger partial charge in [0.05, 0.1) is 12.1 Å². The van der Waals surface area contributed by atoms with Crippen LogP contribution in [0.5, 0.6) is 0 Å². The van der Waals surface area contributed by atoms with E-state index in [1.54, 1.807) is 6.92 Å². The van der Waals surface area contributed by atoms with Gasteiger partial charge in [-0.05, 0) is 18.1 Å². The number of benzene rings is 2. The zero-order chi connectivity index (χ0) is 13.7.